The lowest BCUT2D eigenvalue weighted by atomic mass is 10.2. The van der Waals surface area contributed by atoms with Crippen molar-refractivity contribution in [2.45, 2.75) is 40.0 Å². The van der Waals surface area contributed by atoms with Crippen molar-refractivity contribution >= 4 is 11.7 Å². The molecule has 0 aliphatic heterocycles. The minimum atomic E-state index is -0.220. The Morgan fingerprint density at radius 2 is 1.68 bits per heavy atom. The first-order valence-electron chi connectivity index (χ1n) is 7.25. The van der Waals surface area contributed by atoms with Crippen molar-refractivity contribution in [3.63, 3.8) is 0 Å². The molecular formula is C16H25NO2. The van der Waals surface area contributed by atoms with Gasteiger partial charge in [0.15, 0.2) is 0 Å². The SMILES string of the molecule is CCCCCOC(=O)c1ccc(N(CC)CC)cc1. The Labute approximate surface area is 116 Å². The summed E-state index contributed by atoms with van der Waals surface area (Å²) in [6.07, 6.45) is 3.18. The van der Waals surface area contributed by atoms with E-state index >= 15 is 0 Å². The zero-order valence-corrected chi connectivity index (χ0v) is 12.3. The minimum absolute atomic E-state index is 0.220. The van der Waals surface area contributed by atoms with Crippen LogP contribution in [0.4, 0.5) is 5.69 Å². The predicted octanol–water partition coefficient (Wildman–Crippen LogP) is 3.88. The number of carbonyl (C=O) groups is 1. The molecule has 0 radical (unpaired) electrons. The molecule has 106 valence electrons. The Morgan fingerprint density at radius 3 is 2.21 bits per heavy atom. The second-order valence-electron chi connectivity index (χ2n) is 4.56. The highest BCUT2D eigenvalue weighted by Crippen LogP contribution is 2.15. The number of anilines is 1. The van der Waals surface area contributed by atoms with Gasteiger partial charge in [0.1, 0.15) is 0 Å². The van der Waals surface area contributed by atoms with E-state index in [4.69, 9.17) is 4.74 Å². The molecule has 3 nitrogen and oxygen atoms in total. The molecule has 0 aliphatic carbocycles. The molecule has 19 heavy (non-hydrogen) atoms. The predicted molar refractivity (Wildman–Crippen MR) is 79.8 cm³/mol. The van der Waals surface area contributed by atoms with Gasteiger partial charge in [-0.25, -0.2) is 4.79 Å². The molecule has 0 saturated heterocycles. The molecule has 0 N–H and O–H groups in total. The lowest BCUT2D eigenvalue weighted by Crippen LogP contribution is -2.21. The number of ether oxygens (including phenoxy) is 1. The highest BCUT2D eigenvalue weighted by Gasteiger charge is 2.08. The Bertz CT molecular complexity index is 369. The second-order valence-corrected chi connectivity index (χ2v) is 4.56. The largest absolute Gasteiger partial charge is 0.462 e. The van der Waals surface area contributed by atoms with E-state index in [0.717, 1.165) is 38.0 Å². The van der Waals surface area contributed by atoms with Crippen LogP contribution >= 0.6 is 0 Å². The standard InChI is InChI=1S/C16H25NO2/c1-4-7-8-13-19-16(18)14-9-11-15(12-10-14)17(5-2)6-3/h9-12H,4-8,13H2,1-3H3. The maximum Gasteiger partial charge on any atom is 0.338 e. The average Bonchev–Trinajstić information content (AvgIpc) is 2.45. The van der Waals surface area contributed by atoms with E-state index in [1.807, 2.05) is 24.3 Å². The van der Waals surface area contributed by atoms with Gasteiger partial charge < -0.3 is 9.64 Å². The number of hydrogen-bond donors (Lipinski definition) is 0. The van der Waals surface area contributed by atoms with Crippen LogP contribution in [0.15, 0.2) is 24.3 Å². The highest BCUT2D eigenvalue weighted by atomic mass is 16.5. The topological polar surface area (TPSA) is 29.5 Å². The molecular weight excluding hydrogens is 238 g/mol. The molecule has 0 aromatic heterocycles. The Kier molecular flexibility index (Phi) is 7.01. The summed E-state index contributed by atoms with van der Waals surface area (Å²) in [5.41, 5.74) is 1.78. The molecule has 1 aromatic rings. The smallest absolute Gasteiger partial charge is 0.338 e. The Morgan fingerprint density at radius 1 is 1.05 bits per heavy atom. The summed E-state index contributed by atoms with van der Waals surface area (Å²) in [6, 6.07) is 7.65. The van der Waals surface area contributed by atoms with Crippen molar-refractivity contribution in [1.82, 2.24) is 0 Å². The van der Waals surface area contributed by atoms with Gasteiger partial charge in [0.2, 0.25) is 0 Å². The number of carbonyl (C=O) groups excluding carboxylic acids is 1. The summed E-state index contributed by atoms with van der Waals surface area (Å²) in [6.45, 7) is 8.84. The third kappa shape index (κ3) is 4.93. The average molecular weight is 263 g/mol. The molecule has 0 spiro atoms. The number of nitrogens with zero attached hydrogens (tertiary/aromatic N) is 1. The maximum atomic E-state index is 11.8. The zero-order chi connectivity index (χ0) is 14.1. The summed E-state index contributed by atoms with van der Waals surface area (Å²) in [5, 5.41) is 0. The fourth-order valence-electron chi connectivity index (χ4n) is 2.00. The van der Waals surface area contributed by atoms with Gasteiger partial charge in [-0.3, -0.25) is 0 Å². The zero-order valence-electron chi connectivity index (χ0n) is 12.3. The quantitative estimate of drug-likeness (QED) is 0.526. The van der Waals surface area contributed by atoms with Gasteiger partial charge in [-0.05, 0) is 44.5 Å². The van der Waals surface area contributed by atoms with Crippen molar-refractivity contribution < 1.29 is 9.53 Å². The van der Waals surface area contributed by atoms with Crippen LogP contribution in [0.2, 0.25) is 0 Å². The van der Waals surface area contributed by atoms with Crippen molar-refractivity contribution in [3.05, 3.63) is 29.8 Å². The lowest BCUT2D eigenvalue weighted by Gasteiger charge is -2.20. The Balaban J connectivity index is 2.53. The van der Waals surface area contributed by atoms with Gasteiger partial charge in [0, 0.05) is 18.8 Å². The van der Waals surface area contributed by atoms with Crippen molar-refractivity contribution in [1.29, 1.82) is 0 Å². The normalized spacial score (nSPS) is 10.3. The number of hydrogen-bond acceptors (Lipinski definition) is 3. The molecule has 0 heterocycles. The lowest BCUT2D eigenvalue weighted by molar-refractivity contribution is 0.0498. The number of rotatable bonds is 8. The molecule has 1 rings (SSSR count). The van der Waals surface area contributed by atoms with Gasteiger partial charge in [0.05, 0.1) is 12.2 Å². The van der Waals surface area contributed by atoms with Crippen LogP contribution < -0.4 is 4.90 Å². The molecule has 0 saturated carbocycles. The van der Waals surface area contributed by atoms with Crippen LogP contribution in [0.3, 0.4) is 0 Å². The second kappa shape index (κ2) is 8.57. The summed E-state index contributed by atoms with van der Waals surface area (Å²) < 4.78 is 5.23. The van der Waals surface area contributed by atoms with E-state index in [0.29, 0.717) is 12.2 Å². The van der Waals surface area contributed by atoms with E-state index in [9.17, 15) is 4.79 Å². The summed E-state index contributed by atoms with van der Waals surface area (Å²) >= 11 is 0. The van der Waals surface area contributed by atoms with Gasteiger partial charge in [-0.2, -0.15) is 0 Å². The summed E-state index contributed by atoms with van der Waals surface area (Å²) in [7, 11) is 0. The van der Waals surface area contributed by atoms with Crippen molar-refractivity contribution in [3.8, 4) is 0 Å². The summed E-state index contributed by atoms with van der Waals surface area (Å²) in [4.78, 5) is 14.0. The minimum Gasteiger partial charge on any atom is -0.462 e. The number of unbranched alkanes of at least 4 members (excludes halogenated alkanes) is 2. The van der Waals surface area contributed by atoms with Gasteiger partial charge in [-0.1, -0.05) is 19.8 Å². The molecule has 0 aliphatic rings. The van der Waals surface area contributed by atoms with E-state index in [1.54, 1.807) is 0 Å². The summed E-state index contributed by atoms with van der Waals surface area (Å²) in [5.74, 6) is -0.220. The molecule has 1 aromatic carbocycles. The third-order valence-corrected chi connectivity index (χ3v) is 3.21. The molecule has 3 heteroatoms. The van der Waals surface area contributed by atoms with E-state index in [2.05, 4.69) is 25.7 Å². The molecule has 0 amide bonds. The van der Waals surface area contributed by atoms with Gasteiger partial charge in [-0.15, -0.1) is 0 Å². The van der Waals surface area contributed by atoms with Gasteiger partial charge in [0.25, 0.3) is 0 Å². The monoisotopic (exact) mass is 263 g/mol. The van der Waals surface area contributed by atoms with Crippen molar-refractivity contribution in [2.24, 2.45) is 0 Å². The van der Waals surface area contributed by atoms with Crippen LogP contribution in [-0.2, 0) is 4.74 Å². The van der Waals surface area contributed by atoms with Crippen LogP contribution in [-0.4, -0.2) is 25.7 Å². The molecule has 0 fully saturated rings. The fraction of sp³-hybridized carbons (Fsp3) is 0.562. The fourth-order valence-corrected chi connectivity index (χ4v) is 2.00. The van der Waals surface area contributed by atoms with Crippen LogP contribution in [0.5, 0.6) is 0 Å². The first-order chi connectivity index (χ1) is 9.22. The number of benzene rings is 1. The van der Waals surface area contributed by atoms with E-state index in [1.165, 1.54) is 0 Å². The van der Waals surface area contributed by atoms with E-state index in [-0.39, 0.29) is 5.97 Å². The van der Waals surface area contributed by atoms with Gasteiger partial charge >= 0.3 is 5.97 Å². The highest BCUT2D eigenvalue weighted by molar-refractivity contribution is 5.89. The first kappa shape index (κ1) is 15.5. The Hall–Kier alpha value is -1.51. The molecule has 0 atom stereocenters. The molecule has 0 bridgehead atoms. The first-order valence-corrected chi connectivity index (χ1v) is 7.25. The maximum absolute atomic E-state index is 11.8. The number of esters is 1. The molecule has 0 unspecified atom stereocenters. The van der Waals surface area contributed by atoms with Crippen LogP contribution in [0.25, 0.3) is 0 Å². The van der Waals surface area contributed by atoms with Crippen molar-refractivity contribution in [2.75, 3.05) is 24.6 Å². The van der Waals surface area contributed by atoms with Crippen LogP contribution in [0, 0.1) is 0 Å². The third-order valence-electron chi connectivity index (χ3n) is 3.21. The van der Waals surface area contributed by atoms with E-state index < -0.39 is 0 Å². The van der Waals surface area contributed by atoms with Crippen LogP contribution in [0.1, 0.15) is 50.4 Å².